The van der Waals surface area contributed by atoms with E-state index in [4.69, 9.17) is 16.3 Å². The van der Waals surface area contributed by atoms with E-state index in [1.165, 1.54) is 25.7 Å². The smallest absolute Gasteiger partial charge is 0.132 e. The first-order chi connectivity index (χ1) is 10.3. The molecule has 112 valence electrons. The number of nitrogens with zero attached hydrogens (tertiary/aromatic N) is 2. The number of aromatic nitrogens is 2. The minimum absolute atomic E-state index is 0.436. The highest BCUT2D eigenvalue weighted by atomic mass is 79.9. The van der Waals surface area contributed by atoms with Crippen LogP contribution in [0.1, 0.15) is 43.0 Å². The first-order valence-corrected chi connectivity index (χ1v) is 8.60. The van der Waals surface area contributed by atoms with Crippen molar-refractivity contribution in [1.29, 1.82) is 0 Å². The number of benzene rings is 1. The summed E-state index contributed by atoms with van der Waals surface area (Å²) in [5.41, 5.74) is 1.95. The number of hydrogen-bond acceptors (Lipinski definition) is 2. The average Bonchev–Trinajstić information content (AvgIpc) is 3.16. The summed E-state index contributed by atoms with van der Waals surface area (Å²) in [4.78, 5) is 0. The highest BCUT2D eigenvalue weighted by Gasteiger charge is 2.17. The lowest BCUT2D eigenvalue weighted by atomic mass is 10.2. The van der Waals surface area contributed by atoms with Gasteiger partial charge in [-0.3, -0.25) is 4.68 Å². The summed E-state index contributed by atoms with van der Waals surface area (Å²) in [5.74, 6) is 1.26. The van der Waals surface area contributed by atoms with Gasteiger partial charge >= 0.3 is 0 Å². The van der Waals surface area contributed by atoms with Gasteiger partial charge in [0.25, 0.3) is 0 Å². The predicted molar refractivity (Wildman–Crippen MR) is 87.8 cm³/mol. The van der Waals surface area contributed by atoms with E-state index in [1.807, 2.05) is 24.3 Å². The summed E-state index contributed by atoms with van der Waals surface area (Å²) in [6.07, 6.45) is 7.18. The van der Waals surface area contributed by atoms with Crippen molar-refractivity contribution < 1.29 is 4.74 Å². The van der Waals surface area contributed by atoms with Crippen LogP contribution >= 0.6 is 27.5 Å². The standard InChI is InChI=1S/C16H18BrClN2O/c17-13-5-6-16(12(9-13)10-18)21-11-14-7-8-20(19-14)15-3-1-2-4-15/h5-9,15H,1-4,10-11H2. The summed E-state index contributed by atoms with van der Waals surface area (Å²) >= 11 is 9.40. The normalized spacial score (nSPS) is 15.5. The molecule has 5 heteroatoms. The zero-order valence-corrected chi connectivity index (χ0v) is 14.1. The Morgan fingerprint density at radius 1 is 1.29 bits per heavy atom. The number of hydrogen-bond donors (Lipinski definition) is 0. The molecule has 1 fully saturated rings. The molecule has 0 N–H and O–H groups in total. The molecular weight excluding hydrogens is 352 g/mol. The van der Waals surface area contributed by atoms with Crippen LogP contribution in [0, 0.1) is 0 Å². The van der Waals surface area contributed by atoms with E-state index in [1.54, 1.807) is 0 Å². The van der Waals surface area contributed by atoms with Crippen molar-refractivity contribution in [3.05, 3.63) is 46.2 Å². The lowest BCUT2D eigenvalue weighted by molar-refractivity contribution is 0.295. The first kappa shape index (κ1) is 14.9. The van der Waals surface area contributed by atoms with Crippen molar-refractivity contribution >= 4 is 27.5 Å². The van der Waals surface area contributed by atoms with Gasteiger partial charge in [-0.25, -0.2) is 0 Å². The van der Waals surface area contributed by atoms with Gasteiger partial charge in [-0.2, -0.15) is 5.10 Å². The third-order valence-electron chi connectivity index (χ3n) is 3.90. The minimum atomic E-state index is 0.436. The van der Waals surface area contributed by atoms with E-state index in [-0.39, 0.29) is 0 Å². The third kappa shape index (κ3) is 3.61. The van der Waals surface area contributed by atoms with E-state index in [2.05, 4.69) is 31.9 Å². The van der Waals surface area contributed by atoms with Crippen LogP contribution < -0.4 is 4.74 Å². The summed E-state index contributed by atoms with van der Waals surface area (Å²) in [6.45, 7) is 0.477. The Bertz CT molecular complexity index is 608. The second kappa shape index (κ2) is 6.84. The predicted octanol–water partition coefficient (Wildman–Crippen LogP) is 5.08. The Morgan fingerprint density at radius 3 is 2.86 bits per heavy atom. The molecule has 0 amide bonds. The van der Waals surface area contributed by atoms with Crippen LogP contribution in [0.3, 0.4) is 0 Å². The monoisotopic (exact) mass is 368 g/mol. The van der Waals surface area contributed by atoms with Crippen molar-refractivity contribution in [3.8, 4) is 5.75 Å². The molecule has 0 saturated heterocycles. The molecule has 0 radical (unpaired) electrons. The number of alkyl halides is 1. The molecule has 3 rings (SSSR count). The zero-order valence-electron chi connectivity index (χ0n) is 11.8. The fraction of sp³-hybridized carbons (Fsp3) is 0.438. The van der Waals surface area contributed by atoms with Gasteiger partial charge in [0.1, 0.15) is 12.4 Å². The van der Waals surface area contributed by atoms with E-state index in [0.29, 0.717) is 18.5 Å². The molecule has 2 aromatic rings. The molecule has 0 aliphatic heterocycles. The summed E-state index contributed by atoms with van der Waals surface area (Å²) in [5, 5.41) is 4.63. The largest absolute Gasteiger partial charge is 0.487 e. The molecule has 21 heavy (non-hydrogen) atoms. The molecule has 1 aromatic carbocycles. The fourth-order valence-corrected chi connectivity index (χ4v) is 3.39. The molecule has 0 atom stereocenters. The SMILES string of the molecule is ClCc1cc(Br)ccc1OCc1ccn(C2CCCC2)n1. The highest BCUT2D eigenvalue weighted by Crippen LogP contribution is 2.29. The van der Waals surface area contributed by atoms with Crippen LogP contribution in [-0.4, -0.2) is 9.78 Å². The number of rotatable bonds is 5. The quantitative estimate of drug-likeness (QED) is 0.687. The van der Waals surface area contributed by atoms with Gasteiger partial charge in [0.2, 0.25) is 0 Å². The van der Waals surface area contributed by atoms with Gasteiger partial charge in [-0.05, 0) is 37.1 Å². The maximum absolute atomic E-state index is 5.96. The van der Waals surface area contributed by atoms with Gasteiger partial charge in [-0.1, -0.05) is 28.8 Å². The Hall–Kier alpha value is -1.00. The van der Waals surface area contributed by atoms with Gasteiger partial charge in [-0.15, -0.1) is 11.6 Å². The van der Waals surface area contributed by atoms with E-state index >= 15 is 0 Å². The Kier molecular flexibility index (Phi) is 4.86. The highest BCUT2D eigenvalue weighted by molar-refractivity contribution is 9.10. The lowest BCUT2D eigenvalue weighted by Crippen LogP contribution is -2.06. The molecule has 1 saturated carbocycles. The fourth-order valence-electron chi connectivity index (χ4n) is 2.77. The van der Waals surface area contributed by atoms with Crippen molar-refractivity contribution in [1.82, 2.24) is 9.78 Å². The van der Waals surface area contributed by atoms with Crippen LogP contribution in [0.2, 0.25) is 0 Å². The Labute approximate surface area is 138 Å². The third-order valence-corrected chi connectivity index (χ3v) is 4.69. The van der Waals surface area contributed by atoms with Crippen LogP contribution in [0.4, 0.5) is 0 Å². The lowest BCUT2D eigenvalue weighted by Gasteiger charge is -2.10. The minimum Gasteiger partial charge on any atom is -0.487 e. The topological polar surface area (TPSA) is 27.1 Å². The van der Waals surface area contributed by atoms with Gasteiger partial charge in [0, 0.05) is 16.2 Å². The van der Waals surface area contributed by atoms with Crippen LogP contribution in [0.15, 0.2) is 34.9 Å². The van der Waals surface area contributed by atoms with E-state index in [9.17, 15) is 0 Å². The van der Waals surface area contributed by atoms with Crippen LogP contribution in [-0.2, 0) is 12.5 Å². The first-order valence-electron chi connectivity index (χ1n) is 7.27. The summed E-state index contributed by atoms with van der Waals surface area (Å²) < 4.78 is 8.97. The maximum atomic E-state index is 5.96. The molecular formula is C16H18BrClN2O. The van der Waals surface area contributed by atoms with Gasteiger partial charge in [0.05, 0.1) is 17.6 Å². The molecule has 1 aromatic heterocycles. The van der Waals surface area contributed by atoms with Crippen molar-refractivity contribution in [2.45, 2.75) is 44.2 Å². The van der Waals surface area contributed by atoms with Crippen molar-refractivity contribution in [2.75, 3.05) is 0 Å². The second-order valence-electron chi connectivity index (χ2n) is 5.40. The molecule has 1 aliphatic carbocycles. The van der Waals surface area contributed by atoms with Crippen LogP contribution in [0.5, 0.6) is 5.75 Å². The number of ether oxygens (including phenoxy) is 1. The molecule has 0 bridgehead atoms. The maximum Gasteiger partial charge on any atom is 0.132 e. The summed E-state index contributed by atoms with van der Waals surface area (Å²) in [7, 11) is 0. The molecule has 0 unspecified atom stereocenters. The zero-order chi connectivity index (χ0) is 14.7. The van der Waals surface area contributed by atoms with Gasteiger partial charge in [0.15, 0.2) is 0 Å². The van der Waals surface area contributed by atoms with Crippen LogP contribution in [0.25, 0.3) is 0 Å². The second-order valence-corrected chi connectivity index (χ2v) is 6.58. The molecule has 3 nitrogen and oxygen atoms in total. The average molecular weight is 370 g/mol. The van der Waals surface area contributed by atoms with Gasteiger partial charge < -0.3 is 4.74 Å². The molecule has 0 spiro atoms. The van der Waals surface area contributed by atoms with Crippen molar-refractivity contribution in [2.24, 2.45) is 0 Å². The molecule has 1 aliphatic rings. The Balaban J connectivity index is 1.65. The molecule has 1 heterocycles. The Morgan fingerprint density at radius 2 is 2.10 bits per heavy atom. The summed E-state index contributed by atoms with van der Waals surface area (Å²) in [6, 6.07) is 8.50. The van der Waals surface area contributed by atoms with E-state index < -0.39 is 0 Å². The van der Waals surface area contributed by atoms with E-state index in [0.717, 1.165) is 21.5 Å². The van der Waals surface area contributed by atoms with Crippen molar-refractivity contribution in [3.63, 3.8) is 0 Å². The number of halogens is 2.